The van der Waals surface area contributed by atoms with E-state index in [-0.39, 0.29) is 5.91 Å². The minimum Gasteiger partial charge on any atom is -0.444 e. The minimum atomic E-state index is -0.0405. The van der Waals surface area contributed by atoms with Crippen LogP contribution in [0, 0.1) is 5.92 Å². The number of halogens is 1. The summed E-state index contributed by atoms with van der Waals surface area (Å²) in [5.74, 6) is 1.12. The Morgan fingerprint density at radius 3 is 2.67 bits per heavy atom. The maximum atomic E-state index is 12.4. The van der Waals surface area contributed by atoms with E-state index in [1.54, 1.807) is 6.20 Å². The van der Waals surface area contributed by atoms with Gasteiger partial charge in [0.1, 0.15) is 0 Å². The Kier molecular flexibility index (Phi) is 5.25. The largest absolute Gasteiger partial charge is 0.444 e. The van der Waals surface area contributed by atoms with Crippen molar-refractivity contribution < 1.29 is 9.21 Å². The second-order valence-electron chi connectivity index (χ2n) is 6.73. The maximum Gasteiger partial charge on any atom is 0.251 e. The molecule has 2 aromatic carbocycles. The summed E-state index contributed by atoms with van der Waals surface area (Å²) in [6.07, 6.45) is 4.14. The van der Waals surface area contributed by atoms with E-state index in [0.717, 1.165) is 29.5 Å². The Morgan fingerprint density at radius 1 is 1.19 bits per heavy atom. The van der Waals surface area contributed by atoms with Crippen molar-refractivity contribution in [3.05, 3.63) is 71.2 Å². The van der Waals surface area contributed by atoms with Gasteiger partial charge in [-0.2, -0.15) is 0 Å². The predicted octanol–water partition coefficient (Wildman–Crippen LogP) is 4.36. The molecule has 5 nitrogen and oxygen atoms in total. The first kappa shape index (κ1) is 17.8. The van der Waals surface area contributed by atoms with Gasteiger partial charge in [-0.3, -0.25) is 4.79 Å². The van der Waals surface area contributed by atoms with Crippen LogP contribution in [0.3, 0.4) is 0 Å². The number of nitrogens with zero attached hydrogens (tertiary/aromatic N) is 2. The number of benzene rings is 2. The molecule has 3 aromatic rings. The molecule has 6 heteroatoms. The molecule has 0 spiro atoms. The Hall–Kier alpha value is -2.60. The standard InChI is InChI=1S/C21H20BrN3O2/c22-18-5-7-19(8-6-18)25-10-9-15(13-25)11-24-21(26)17-3-1-16(2-4-17)20-12-23-14-27-20/h1-8,12,14-15H,9-11,13H2,(H,24,26). The van der Waals surface area contributed by atoms with Gasteiger partial charge in [0.25, 0.3) is 5.91 Å². The van der Waals surface area contributed by atoms with Crippen LogP contribution in [-0.2, 0) is 0 Å². The average Bonchev–Trinajstić information content (AvgIpc) is 3.39. The molecular formula is C21H20BrN3O2. The zero-order valence-corrected chi connectivity index (χ0v) is 16.4. The molecule has 0 radical (unpaired) electrons. The third-order valence-corrected chi connectivity index (χ3v) is 5.42. The summed E-state index contributed by atoms with van der Waals surface area (Å²) in [6, 6.07) is 15.8. The van der Waals surface area contributed by atoms with E-state index in [1.807, 2.05) is 24.3 Å². The molecule has 138 valence electrons. The van der Waals surface area contributed by atoms with Crippen LogP contribution in [-0.4, -0.2) is 30.5 Å². The van der Waals surface area contributed by atoms with Gasteiger partial charge in [-0.1, -0.05) is 28.1 Å². The molecular weight excluding hydrogens is 406 g/mol. The van der Waals surface area contributed by atoms with E-state index in [1.165, 1.54) is 12.1 Å². The van der Waals surface area contributed by atoms with Crippen molar-refractivity contribution in [2.45, 2.75) is 6.42 Å². The molecule has 0 bridgehead atoms. The first-order chi connectivity index (χ1) is 13.2. The van der Waals surface area contributed by atoms with Crippen molar-refractivity contribution >= 4 is 27.5 Å². The Labute approximate surface area is 166 Å². The van der Waals surface area contributed by atoms with Crippen molar-refractivity contribution in [1.29, 1.82) is 0 Å². The molecule has 27 heavy (non-hydrogen) atoms. The number of rotatable bonds is 5. The monoisotopic (exact) mass is 425 g/mol. The molecule has 1 aromatic heterocycles. The van der Waals surface area contributed by atoms with Crippen LogP contribution >= 0.6 is 15.9 Å². The highest BCUT2D eigenvalue weighted by Crippen LogP contribution is 2.25. The zero-order valence-electron chi connectivity index (χ0n) is 14.8. The summed E-state index contributed by atoms with van der Waals surface area (Å²) < 4.78 is 6.36. The molecule has 1 aliphatic rings. The van der Waals surface area contributed by atoms with Crippen LogP contribution in [0.1, 0.15) is 16.8 Å². The molecule has 1 aliphatic heterocycles. The molecule has 1 unspecified atom stereocenters. The van der Waals surface area contributed by atoms with Crippen LogP contribution in [0.25, 0.3) is 11.3 Å². The minimum absolute atomic E-state index is 0.0405. The molecule has 0 aliphatic carbocycles. The van der Waals surface area contributed by atoms with Crippen LogP contribution in [0.2, 0.25) is 0 Å². The summed E-state index contributed by atoms with van der Waals surface area (Å²) in [5.41, 5.74) is 2.79. The van der Waals surface area contributed by atoms with Crippen molar-refractivity contribution in [3.63, 3.8) is 0 Å². The van der Waals surface area contributed by atoms with Gasteiger partial charge in [-0.25, -0.2) is 4.98 Å². The third kappa shape index (κ3) is 4.22. The summed E-state index contributed by atoms with van der Waals surface area (Å²) in [7, 11) is 0. The van der Waals surface area contributed by atoms with Crippen molar-refractivity contribution in [2.24, 2.45) is 5.92 Å². The number of hydrogen-bond donors (Lipinski definition) is 1. The molecule has 1 amide bonds. The first-order valence-corrected chi connectivity index (χ1v) is 9.76. The lowest BCUT2D eigenvalue weighted by atomic mass is 10.1. The number of amides is 1. The highest BCUT2D eigenvalue weighted by atomic mass is 79.9. The average molecular weight is 426 g/mol. The number of oxazole rings is 1. The fourth-order valence-corrected chi connectivity index (χ4v) is 3.63. The highest BCUT2D eigenvalue weighted by Gasteiger charge is 2.23. The number of carbonyl (C=O) groups is 1. The van der Waals surface area contributed by atoms with Gasteiger partial charge in [-0.15, -0.1) is 0 Å². The lowest BCUT2D eigenvalue weighted by Gasteiger charge is -2.19. The van der Waals surface area contributed by atoms with Crippen molar-refractivity contribution in [1.82, 2.24) is 10.3 Å². The van der Waals surface area contributed by atoms with E-state index in [0.29, 0.717) is 23.8 Å². The Balaban J connectivity index is 1.30. The fourth-order valence-electron chi connectivity index (χ4n) is 3.37. The lowest BCUT2D eigenvalue weighted by molar-refractivity contribution is 0.0948. The van der Waals surface area contributed by atoms with Crippen LogP contribution < -0.4 is 10.2 Å². The highest BCUT2D eigenvalue weighted by molar-refractivity contribution is 9.10. The van der Waals surface area contributed by atoms with E-state index in [4.69, 9.17) is 4.42 Å². The van der Waals surface area contributed by atoms with E-state index >= 15 is 0 Å². The second-order valence-corrected chi connectivity index (χ2v) is 7.65. The van der Waals surface area contributed by atoms with Gasteiger partial charge in [0.05, 0.1) is 6.20 Å². The van der Waals surface area contributed by atoms with E-state index in [2.05, 4.69) is 55.4 Å². The topological polar surface area (TPSA) is 58.4 Å². The smallest absolute Gasteiger partial charge is 0.251 e. The number of nitrogens with one attached hydrogen (secondary N) is 1. The number of aromatic nitrogens is 1. The Morgan fingerprint density at radius 2 is 1.96 bits per heavy atom. The normalized spacial score (nSPS) is 16.5. The van der Waals surface area contributed by atoms with Gasteiger partial charge in [-0.05, 0) is 48.7 Å². The van der Waals surface area contributed by atoms with Crippen molar-refractivity contribution in [3.8, 4) is 11.3 Å². The molecule has 1 atom stereocenters. The predicted molar refractivity (Wildman–Crippen MR) is 109 cm³/mol. The lowest BCUT2D eigenvalue weighted by Crippen LogP contribution is -2.31. The first-order valence-electron chi connectivity index (χ1n) is 8.97. The SMILES string of the molecule is O=C(NCC1CCN(c2ccc(Br)cc2)C1)c1ccc(-c2cnco2)cc1. The Bertz CT molecular complexity index is 892. The van der Waals surface area contributed by atoms with Gasteiger partial charge in [0, 0.05) is 40.9 Å². The van der Waals surface area contributed by atoms with Gasteiger partial charge >= 0.3 is 0 Å². The maximum absolute atomic E-state index is 12.4. The summed E-state index contributed by atoms with van der Waals surface area (Å²) in [4.78, 5) is 18.7. The second kappa shape index (κ2) is 7.96. The van der Waals surface area contributed by atoms with E-state index in [9.17, 15) is 4.79 Å². The molecule has 1 saturated heterocycles. The molecule has 1 N–H and O–H groups in total. The third-order valence-electron chi connectivity index (χ3n) is 4.89. The number of anilines is 1. The van der Waals surface area contributed by atoms with Gasteiger partial charge in [0.15, 0.2) is 12.2 Å². The molecule has 2 heterocycles. The summed E-state index contributed by atoms with van der Waals surface area (Å²) in [5, 5.41) is 3.07. The molecule has 4 rings (SSSR count). The van der Waals surface area contributed by atoms with Crippen LogP contribution in [0.4, 0.5) is 5.69 Å². The number of hydrogen-bond acceptors (Lipinski definition) is 4. The van der Waals surface area contributed by atoms with Crippen molar-refractivity contribution in [2.75, 3.05) is 24.5 Å². The summed E-state index contributed by atoms with van der Waals surface area (Å²) in [6.45, 7) is 2.68. The fraction of sp³-hybridized carbons (Fsp3) is 0.238. The quantitative estimate of drug-likeness (QED) is 0.659. The molecule has 0 saturated carbocycles. The van der Waals surface area contributed by atoms with Crippen LogP contribution in [0.5, 0.6) is 0 Å². The van der Waals surface area contributed by atoms with E-state index < -0.39 is 0 Å². The molecule has 1 fully saturated rings. The van der Waals surface area contributed by atoms with Gasteiger partial charge in [0.2, 0.25) is 0 Å². The zero-order chi connectivity index (χ0) is 18.6. The van der Waals surface area contributed by atoms with Gasteiger partial charge < -0.3 is 14.6 Å². The van der Waals surface area contributed by atoms with Crippen LogP contribution in [0.15, 0.2) is 70.0 Å². The summed E-state index contributed by atoms with van der Waals surface area (Å²) >= 11 is 3.47. The number of carbonyl (C=O) groups excluding carboxylic acids is 1.